The van der Waals surface area contributed by atoms with Crippen LogP contribution in [-0.4, -0.2) is 49.3 Å². The number of nitrogens with zero attached hydrogens (tertiary/aromatic N) is 2. The second kappa shape index (κ2) is 7.23. The van der Waals surface area contributed by atoms with Crippen LogP contribution in [-0.2, 0) is 10.2 Å². The van der Waals surface area contributed by atoms with Crippen LogP contribution in [0.5, 0.6) is 0 Å². The van der Waals surface area contributed by atoms with Crippen molar-refractivity contribution in [1.82, 2.24) is 9.88 Å². The topological polar surface area (TPSA) is 37.4 Å². The van der Waals surface area contributed by atoms with E-state index in [1.165, 1.54) is 18.5 Å². The van der Waals surface area contributed by atoms with Crippen molar-refractivity contribution in [1.29, 1.82) is 0 Å². The fraction of sp³-hybridized carbons (Fsp3) is 0.706. The van der Waals surface area contributed by atoms with Crippen molar-refractivity contribution in [3.05, 3.63) is 24.0 Å². The monoisotopic (exact) mass is 291 g/mol. The molecule has 2 heterocycles. The molecule has 0 radical (unpaired) electrons. The van der Waals surface area contributed by atoms with Gasteiger partial charge in [0.05, 0.1) is 6.61 Å². The molecule has 0 aliphatic carbocycles. The van der Waals surface area contributed by atoms with Crippen molar-refractivity contribution in [2.24, 2.45) is 0 Å². The van der Waals surface area contributed by atoms with E-state index in [9.17, 15) is 0 Å². The first-order valence-electron chi connectivity index (χ1n) is 7.93. The summed E-state index contributed by atoms with van der Waals surface area (Å²) in [5.41, 5.74) is 2.44. The Labute approximate surface area is 128 Å². The first-order valence-corrected chi connectivity index (χ1v) is 7.93. The molecule has 0 bridgehead atoms. The Hall–Kier alpha value is -1.13. The number of pyridine rings is 1. The summed E-state index contributed by atoms with van der Waals surface area (Å²) >= 11 is 0. The van der Waals surface area contributed by atoms with E-state index in [0.29, 0.717) is 6.04 Å². The summed E-state index contributed by atoms with van der Waals surface area (Å²) in [5.74, 6) is 0. The third-order valence-electron chi connectivity index (χ3n) is 4.10. The number of ether oxygens (including phenoxy) is 1. The van der Waals surface area contributed by atoms with Crippen LogP contribution in [0.25, 0.3) is 0 Å². The van der Waals surface area contributed by atoms with Gasteiger partial charge in [0.1, 0.15) is 0 Å². The highest BCUT2D eigenvalue weighted by Gasteiger charge is 2.20. The van der Waals surface area contributed by atoms with Crippen molar-refractivity contribution in [2.75, 3.05) is 38.7 Å². The zero-order valence-electron chi connectivity index (χ0n) is 13.9. The Kier molecular flexibility index (Phi) is 5.59. The predicted molar refractivity (Wildman–Crippen MR) is 87.9 cm³/mol. The number of nitrogens with one attached hydrogen (secondary N) is 1. The highest BCUT2D eigenvalue weighted by molar-refractivity contribution is 5.45. The number of likely N-dealkylation sites (tertiary alicyclic amines) is 1. The standard InChI is InChI=1S/C17H29N3O/c1-17(2,3)16-13-15(5-8-18-16)19-14-6-9-20(10-7-14)11-12-21-4/h5,8,13-14H,6-7,9-12H2,1-4H3,(H,18,19). The van der Waals surface area contributed by atoms with Gasteiger partial charge in [-0.15, -0.1) is 0 Å². The Morgan fingerprint density at radius 2 is 2.05 bits per heavy atom. The van der Waals surface area contributed by atoms with Gasteiger partial charge in [0.15, 0.2) is 0 Å². The van der Waals surface area contributed by atoms with Crippen LogP contribution in [0.1, 0.15) is 39.3 Å². The van der Waals surface area contributed by atoms with Gasteiger partial charge in [-0.1, -0.05) is 20.8 Å². The molecular formula is C17H29N3O. The van der Waals surface area contributed by atoms with E-state index in [1.807, 2.05) is 6.20 Å². The number of hydrogen-bond acceptors (Lipinski definition) is 4. The van der Waals surface area contributed by atoms with Crippen molar-refractivity contribution in [3.63, 3.8) is 0 Å². The summed E-state index contributed by atoms with van der Waals surface area (Å²) in [6, 6.07) is 4.84. The smallest absolute Gasteiger partial charge is 0.0589 e. The zero-order valence-corrected chi connectivity index (χ0v) is 13.9. The molecular weight excluding hydrogens is 262 g/mol. The molecule has 4 nitrogen and oxygen atoms in total. The van der Waals surface area contributed by atoms with Gasteiger partial charge in [0, 0.05) is 55.8 Å². The molecule has 1 aliphatic heterocycles. The number of hydrogen-bond donors (Lipinski definition) is 1. The summed E-state index contributed by atoms with van der Waals surface area (Å²) in [6.45, 7) is 10.8. The van der Waals surface area contributed by atoms with Gasteiger partial charge in [0.25, 0.3) is 0 Å². The summed E-state index contributed by atoms with van der Waals surface area (Å²) in [5, 5.41) is 3.67. The lowest BCUT2D eigenvalue weighted by molar-refractivity contribution is 0.132. The van der Waals surface area contributed by atoms with E-state index in [4.69, 9.17) is 4.74 Å². The van der Waals surface area contributed by atoms with Crippen LogP contribution < -0.4 is 5.32 Å². The van der Waals surface area contributed by atoms with E-state index in [0.717, 1.165) is 31.9 Å². The number of anilines is 1. The van der Waals surface area contributed by atoms with Crippen molar-refractivity contribution in [3.8, 4) is 0 Å². The average Bonchev–Trinajstić information content (AvgIpc) is 2.46. The molecule has 1 aliphatic rings. The molecule has 1 aromatic heterocycles. The maximum absolute atomic E-state index is 5.15. The van der Waals surface area contributed by atoms with Crippen LogP contribution >= 0.6 is 0 Å². The fourth-order valence-corrected chi connectivity index (χ4v) is 2.69. The maximum Gasteiger partial charge on any atom is 0.0589 e. The molecule has 1 saturated heterocycles. The molecule has 0 amide bonds. The Bertz CT molecular complexity index is 434. The van der Waals surface area contributed by atoms with Gasteiger partial charge in [-0.3, -0.25) is 4.98 Å². The second-order valence-electron chi connectivity index (χ2n) is 6.93. The molecule has 2 rings (SSSR count). The number of rotatable bonds is 5. The average molecular weight is 291 g/mol. The van der Waals surface area contributed by atoms with Gasteiger partial charge in [0.2, 0.25) is 0 Å². The minimum Gasteiger partial charge on any atom is -0.383 e. The Balaban J connectivity index is 1.86. The molecule has 118 valence electrons. The third-order valence-corrected chi connectivity index (χ3v) is 4.10. The molecule has 0 aromatic carbocycles. The van der Waals surface area contributed by atoms with Gasteiger partial charge >= 0.3 is 0 Å². The number of methoxy groups -OCH3 is 1. The van der Waals surface area contributed by atoms with Gasteiger partial charge < -0.3 is 15.0 Å². The number of piperidine rings is 1. The lowest BCUT2D eigenvalue weighted by atomic mass is 9.91. The van der Waals surface area contributed by atoms with Crippen LogP contribution in [0.15, 0.2) is 18.3 Å². The second-order valence-corrected chi connectivity index (χ2v) is 6.93. The largest absolute Gasteiger partial charge is 0.383 e. The Morgan fingerprint density at radius 1 is 1.33 bits per heavy atom. The SMILES string of the molecule is COCCN1CCC(Nc2ccnc(C(C)(C)C)c2)CC1. The van der Waals surface area contributed by atoms with Crippen molar-refractivity contribution < 1.29 is 4.74 Å². The third kappa shape index (κ3) is 4.97. The number of aromatic nitrogens is 1. The summed E-state index contributed by atoms with van der Waals surface area (Å²) < 4.78 is 5.15. The predicted octanol–water partition coefficient (Wildman–Crippen LogP) is 2.90. The minimum atomic E-state index is 0.0984. The van der Waals surface area contributed by atoms with Gasteiger partial charge in [-0.25, -0.2) is 0 Å². The molecule has 1 N–H and O–H groups in total. The van der Waals surface area contributed by atoms with Gasteiger partial charge in [-0.05, 0) is 25.0 Å². The molecule has 1 fully saturated rings. The normalized spacial score (nSPS) is 17.9. The molecule has 4 heteroatoms. The molecule has 0 spiro atoms. The van der Waals surface area contributed by atoms with E-state index < -0.39 is 0 Å². The Morgan fingerprint density at radius 3 is 2.67 bits per heavy atom. The first kappa shape index (κ1) is 16.2. The highest BCUT2D eigenvalue weighted by atomic mass is 16.5. The van der Waals surface area contributed by atoms with E-state index >= 15 is 0 Å². The van der Waals surface area contributed by atoms with Crippen molar-refractivity contribution >= 4 is 5.69 Å². The fourth-order valence-electron chi connectivity index (χ4n) is 2.69. The van der Waals surface area contributed by atoms with Crippen molar-refractivity contribution in [2.45, 2.75) is 45.1 Å². The maximum atomic E-state index is 5.15. The molecule has 0 unspecified atom stereocenters. The summed E-state index contributed by atoms with van der Waals surface area (Å²) in [4.78, 5) is 6.97. The highest BCUT2D eigenvalue weighted by Crippen LogP contribution is 2.23. The lowest BCUT2D eigenvalue weighted by Crippen LogP contribution is -2.40. The van der Waals surface area contributed by atoms with Crippen LogP contribution in [0.4, 0.5) is 5.69 Å². The quantitative estimate of drug-likeness (QED) is 0.905. The van der Waals surface area contributed by atoms with Crippen LogP contribution in [0.2, 0.25) is 0 Å². The summed E-state index contributed by atoms with van der Waals surface area (Å²) in [6.07, 6.45) is 4.30. The molecule has 21 heavy (non-hydrogen) atoms. The molecule has 1 aromatic rings. The lowest BCUT2D eigenvalue weighted by Gasteiger charge is -2.32. The molecule has 0 atom stereocenters. The van der Waals surface area contributed by atoms with Crippen LogP contribution in [0.3, 0.4) is 0 Å². The first-order chi connectivity index (χ1) is 9.99. The zero-order chi connectivity index (χ0) is 15.3. The van der Waals surface area contributed by atoms with E-state index in [-0.39, 0.29) is 5.41 Å². The summed E-state index contributed by atoms with van der Waals surface area (Å²) in [7, 11) is 1.77. The van der Waals surface area contributed by atoms with E-state index in [1.54, 1.807) is 7.11 Å². The molecule has 0 saturated carbocycles. The van der Waals surface area contributed by atoms with Gasteiger partial charge in [-0.2, -0.15) is 0 Å². The van der Waals surface area contributed by atoms with Crippen LogP contribution in [0, 0.1) is 0 Å². The minimum absolute atomic E-state index is 0.0984. The van der Waals surface area contributed by atoms with E-state index in [2.05, 4.69) is 48.1 Å².